The number of halogens is 1. The maximum Gasteiger partial charge on any atom is 0.313 e. The largest absolute Gasteiger partial charge is 0.448 e. The van der Waals surface area contributed by atoms with Crippen LogP contribution in [0.3, 0.4) is 0 Å². The van der Waals surface area contributed by atoms with Crippen molar-refractivity contribution in [3.63, 3.8) is 0 Å². The number of H-pyrrole nitrogens is 1. The Labute approximate surface area is 154 Å². The number of fused-ring (bicyclic) bond motifs is 2. The lowest BCUT2D eigenvalue weighted by molar-refractivity contribution is -0.165. The van der Waals surface area contributed by atoms with E-state index in [1.807, 2.05) is 20.8 Å². The van der Waals surface area contributed by atoms with Gasteiger partial charge in [-0.1, -0.05) is 25.4 Å². The molecule has 26 heavy (non-hydrogen) atoms. The number of nitrogens with zero attached hydrogens (tertiary/aromatic N) is 3. The second kappa shape index (κ2) is 5.26. The number of anilines is 1. The molecule has 2 heterocycles. The molecule has 2 atom stereocenters. The number of aromatic nitrogens is 4. The zero-order chi connectivity index (χ0) is 18.7. The minimum atomic E-state index is -1.21. The van der Waals surface area contributed by atoms with Crippen LogP contribution in [0.25, 0.3) is 11.4 Å². The summed E-state index contributed by atoms with van der Waals surface area (Å²) in [6.45, 7) is 5.67. The Morgan fingerprint density at radius 1 is 1.31 bits per heavy atom. The third-order valence-corrected chi connectivity index (χ3v) is 6.50. The lowest BCUT2D eigenvalue weighted by Gasteiger charge is -2.35. The first-order valence-electron chi connectivity index (χ1n) is 8.30. The van der Waals surface area contributed by atoms with E-state index in [-0.39, 0.29) is 11.9 Å². The Kier molecular flexibility index (Phi) is 3.43. The summed E-state index contributed by atoms with van der Waals surface area (Å²) in [5.74, 6) is -0.370. The minimum absolute atomic E-state index is 0.326. The summed E-state index contributed by atoms with van der Waals surface area (Å²) >= 11 is 6.10. The van der Waals surface area contributed by atoms with E-state index in [0.717, 1.165) is 0 Å². The Morgan fingerprint density at radius 3 is 2.65 bits per heavy atom. The Morgan fingerprint density at radius 2 is 2.08 bits per heavy atom. The number of hydrogen-bond acceptors (Lipinski definition) is 6. The molecule has 2 unspecified atom stereocenters. The monoisotopic (exact) mass is 375 g/mol. The molecular weight excluding hydrogens is 358 g/mol. The maximum atomic E-state index is 13.2. The van der Waals surface area contributed by atoms with Crippen molar-refractivity contribution in [2.75, 3.05) is 5.32 Å². The number of esters is 1. The summed E-state index contributed by atoms with van der Waals surface area (Å²) in [5.41, 5.74) is -1.52. The van der Waals surface area contributed by atoms with Crippen LogP contribution >= 0.6 is 11.6 Å². The molecule has 9 heteroatoms. The van der Waals surface area contributed by atoms with Crippen molar-refractivity contribution in [2.24, 2.45) is 10.8 Å². The molecule has 1 aromatic carbocycles. The number of amides is 1. The van der Waals surface area contributed by atoms with Gasteiger partial charge < -0.3 is 10.1 Å². The molecule has 1 aromatic heterocycles. The molecule has 0 radical (unpaired) electrons. The topological polar surface area (TPSA) is 110 Å². The van der Waals surface area contributed by atoms with Crippen LogP contribution in [0, 0.1) is 10.8 Å². The second-order valence-corrected chi connectivity index (χ2v) is 7.99. The van der Waals surface area contributed by atoms with E-state index in [4.69, 9.17) is 16.3 Å². The van der Waals surface area contributed by atoms with Gasteiger partial charge in [0, 0.05) is 16.0 Å². The zero-order valence-electron chi connectivity index (χ0n) is 14.6. The quantitative estimate of drug-likeness (QED) is 0.798. The fraction of sp³-hybridized carbons (Fsp3) is 0.471. The molecule has 0 spiro atoms. The number of hydrogen-bond donors (Lipinski definition) is 2. The van der Waals surface area contributed by atoms with E-state index < -0.39 is 16.4 Å². The van der Waals surface area contributed by atoms with Gasteiger partial charge in [-0.3, -0.25) is 9.59 Å². The highest BCUT2D eigenvalue weighted by atomic mass is 35.5. The third kappa shape index (κ3) is 1.99. The molecule has 1 amide bonds. The number of carbonyl (C=O) groups is 2. The van der Waals surface area contributed by atoms with Gasteiger partial charge in [0.1, 0.15) is 0 Å². The minimum Gasteiger partial charge on any atom is -0.448 e. The van der Waals surface area contributed by atoms with Crippen molar-refractivity contribution in [3.05, 3.63) is 23.2 Å². The standard InChI is InChI=1S/C17H18ClN5O3/c1-15(2)16(3)6-7-17(15,26-14(16)25)13(24)19-11-8-9(18)4-5-10(11)12-20-22-23-21-12/h4-5,8H,6-7H2,1-3H3,(H,19,24)(H,20,21,22,23). The molecule has 8 nitrogen and oxygen atoms in total. The predicted octanol–water partition coefficient (Wildman–Crippen LogP) is 2.58. The average Bonchev–Trinajstić information content (AvgIpc) is 3.21. The van der Waals surface area contributed by atoms with E-state index in [1.54, 1.807) is 18.2 Å². The Balaban J connectivity index is 1.72. The number of carbonyl (C=O) groups excluding carboxylic acids is 2. The molecule has 2 aromatic rings. The van der Waals surface area contributed by atoms with Gasteiger partial charge in [-0.05, 0) is 43.2 Å². The van der Waals surface area contributed by atoms with Gasteiger partial charge in [-0.2, -0.15) is 5.21 Å². The van der Waals surface area contributed by atoms with E-state index in [2.05, 4.69) is 25.9 Å². The molecule has 136 valence electrons. The molecule has 1 aliphatic carbocycles. The summed E-state index contributed by atoms with van der Waals surface area (Å²) in [7, 11) is 0. The molecule has 2 bridgehead atoms. The van der Waals surface area contributed by atoms with Crippen LogP contribution in [0.1, 0.15) is 33.6 Å². The number of aromatic amines is 1. The van der Waals surface area contributed by atoms with E-state index in [0.29, 0.717) is 34.9 Å². The van der Waals surface area contributed by atoms with Gasteiger partial charge >= 0.3 is 5.97 Å². The van der Waals surface area contributed by atoms with Crippen molar-refractivity contribution in [3.8, 4) is 11.4 Å². The Hall–Kier alpha value is -2.48. The van der Waals surface area contributed by atoms with E-state index in [9.17, 15) is 9.59 Å². The van der Waals surface area contributed by atoms with Crippen LogP contribution in [0.4, 0.5) is 5.69 Å². The van der Waals surface area contributed by atoms with Crippen molar-refractivity contribution >= 4 is 29.2 Å². The molecule has 2 fully saturated rings. The van der Waals surface area contributed by atoms with Gasteiger partial charge in [-0.15, -0.1) is 10.2 Å². The normalized spacial score (nSPS) is 28.8. The first-order valence-corrected chi connectivity index (χ1v) is 8.67. The van der Waals surface area contributed by atoms with Crippen molar-refractivity contribution in [2.45, 2.75) is 39.2 Å². The van der Waals surface area contributed by atoms with Crippen LogP contribution in [0.5, 0.6) is 0 Å². The first kappa shape index (κ1) is 17.0. The van der Waals surface area contributed by atoms with Crippen LogP contribution in [-0.4, -0.2) is 38.1 Å². The van der Waals surface area contributed by atoms with Crippen molar-refractivity contribution in [1.29, 1.82) is 0 Å². The van der Waals surface area contributed by atoms with Gasteiger partial charge in [0.05, 0.1) is 11.1 Å². The number of benzene rings is 1. The summed E-state index contributed by atoms with van der Waals surface area (Å²) in [4.78, 5) is 25.6. The number of rotatable bonds is 3. The van der Waals surface area contributed by atoms with Gasteiger partial charge in [0.2, 0.25) is 5.82 Å². The molecule has 4 rings (SSSR count). The lowest BCUT2D eigenvalue weighted by Crippen LogP contribution is -2.50. The summed E-state index contributed by atoms with van der Waals surface area (Å²) in [6.07, 6.45) is 1.09. The first-order chi connectivity index (χ1) is 12.2. The number of nitrogens with one attached hydrogen (secondary N) is 2. The second-order valence-electron chi connectivity index (χ2n) is 7.55. The lowest BCUT2D eigenvalue weighted by atomic mass is 9.66. The summed E-state index contributed by atoms with van der Waals surface area (Å²) < 4.78 is 5.63. The number of tetrazole rings is 1. The molecule has 2 aliphatic rings. The van der Waals surface area contributed by atoms with E-state index in [1.165, 1.54) is 0 Å². The smallest absolute Gasteiger partial charge is 0.313 e. The van der Waals surface area contributed by atoms with E-state index >= 15 is 0 Å². The van der Waals surface area contributed by atoms with Crippen molar-refractivity contribution in [1.82, 2.24) is 20.6 Å². The van der Waals surface area contributed by atoms with Crippen molar-refractivity contribution < 1.29 is 14.3 Å². The van der Waals surface area contributed by atoms with Crippen LogP contribution < -0.4 is 5.32 Å². The predicted molar refractivity (Wildman–Crippen MR) is 93.2 cm³/mol. The molecule has 2 N–H and O–H groups in total. The van der Waals surface area contributed by atoms with Crippen LogP contribution in [-0.2, 0) is 14.3 Å². The summed E-state index contributed by atoms with van der Waals surface area (Å²) in [6, 6.07) is 4.98. The maximum absolute atomic E-state index is 13.2. The summed E-state index contributed by atoms with van der Waals surface area (Å²) in [5, 5.41) is 17.2. The molecule has 1 saturated carbocycles. The third-order valence-electron chi connectivity index (χ3n) is 6.27. The fourth-order valence-corrected chi connectivity index (χ4v) is 4.23. The number of ether oxygens (including phenoxy) is 1. The fourth-order valence-electron chi connectivity index (χ4n) is 4.06. The van der Waals surface area contributed by atoms with Crippen LogP contribution in [0.2, 0.25) is 5.02 Å². The molecule has 1 saturated heterocycles. The zero-order valence-corrected chi connectivity index (χ0v) is 15.3. The van der Waals surface area contributed by atoms with Gasteiger partial charge in [0.15, 0.2) is 5.60 Å². The highest BCUT2D eigenvalue weighted by Gasteiger charge is 2.75. The Bertz CT molecular complexity index is 913. The highest BCUT2D eigenvalue weighted by molar-refractivity contribution is 6.31. The van der Waals surface area contributed by atoms with Gasteiger partial charge in [0.25, 0.3) is 5.91 Å². The molecule has 1 aliphatic heterocycles. The average molecular weight is 376 g/mol. The van der Waals surface area contributed by atoms with Gasteiger partial charge in [-0.25, -0.2) is 0 Å². The highest BCUT2D eigenvalue weighted by Crippen LogP contribution is 2.65. The molecular formula is C17H18ClN5O3. The SMILES string of the molecule is CC12CCC(C(=O)Nc3cc(Cl)ccc3-c3nn[nH]n3)(OC1=O)C2(C)C. The van der Waals surface area contributed by atoms with Crippen LogP contribution in [0.15, 0.2) is 18.2 Å².